The van der Waals surface area contributed by atoms with Gasteiger partial charge >= 0.3 is 71.1 Å². The maximum absolute atomic E-state index is 12.0. The van der Waals surface area contributed by atoms with E-state index in [0.717, 1.165) is 48.6 Å². The number of ketones is 2. The van der Waals surface area contributed by atoms with Crippen LogP contribution in [0.3, 0.4) is 0 Å². The summed E-state index contributed by atoms with van der Waals surface area (Å²) < 4.78 is 72.1. The first kappa shape index (κ1) is 40.4. The fourth-order valence-corrected chi connectivity index (χ4v) is 5.26. The summed E-state index contributed by atoms with van der Waals surface area (Å²) in [5.74, 6) is -4.46. The fourth-order valence-electron chi connectivity index (χ4n) is 3.86. The number of nitrogens with zero attached hydrogens (tertiary/aromatic N) is 2. The minimum atomic E-state index is -5.12. The summed E-state index contributed by atoms with van der Waals surface area (Å²) >= 11 is 0. The molecule has 0 bridgehead atoms. The Hall–Kier alpha value is -3.82. The van der Waals surface area contributed by atoms with Crippen LogP contribution in [0.5, 0.6) is 0 Å². The standard InChI is InChI=1S/C28H20N4O12S2.2Na/c33-23-9-7-17(11-21(23)27(35)36)29-31-19-5-3-15(25(13-19)45(39,40)41)1-2-16-4-6-20(14-26(16)46(42,43)44)32-30-18-8-10-24(34)22(12-18)28(37)38;;/h1-14,31-32H,(H,35,36)(H,37,38)(H,39,40,41)(H,42,43,44);;/q;2*+1/p-2/b2-1+,29-17+,30-18+;;. The average molecular weight is 713 g/mol. The van der Waals surface area contributed by atoms with Crippen molar-refractivity contribution in [1.82, 2.24) is 0 Å². The summed E-state index contributed by atoms with van der Waals surface area (Å²) in [6.45, 7) is 0. The molecule has 20 heteroatoms. The molecule has 0 unspecified atom stereocenters. The number of benzene rings is 2. The van der Waals surface area contributed by atoms with Gasteiger partial charge in [0.2, 0.25) is 0 Å². The zero-order chi connectivity index (χ0) is 33.8. The normalized spacial score (nSPS) is 16.2. The number of anilines is 2. The largest absolute Gasteiger partial charge is 1.00 e. The Morgan fingerprint density at radius 2 is 1.00 bits per heavy atom. The molecule has 4 rings (SSSR count). The van der Waals surface area contributed by atoms with Gasteiger partial charge in [0.15, 0.2) is 11.6 Å². The number of carbonyl (C=O) groups is 4. The molecule has 2 aliphatic rings. The number of carboxylic acid groups (broad SMARTS) is 2. The van der Waals surface area contributed by atoms with Crippen LogP contribution in [0.2, 0.25) is 0 Å². The third-order valence-corrected chi connectivity index (χ3v) is 7.81. The summed E-state index contributed by atoms with van der Waals surface area (Å²) in [5, 5.41) is 25.9. The first-order chi connectivity index (χ1) is 21.5. The number of carbonyl (C=O) groups excluding carboxylic acids is 2. The van der Waals surface area contributed by atoms with Gasteiger partial charge in [-0.05, 0) is 71.8 Å². The van der Waals surface area contributed by atoms with Gasteiger partial charge in [-0.25, -0.2) is 26.4 Å². The quantitative estimate of drug-likeness (QED) is 0.0452. The van der Waals surface area contributed by atoms with Crippen LogP contribution in [0, 0.1) is 0 Å². The SMILES string of the molecule is O=C(O)C1=C/C(=N/Nc2ccc(/C=C/c3ccc(N/N=C4\C=CC(=O)C(C(=O)O)=C4)cc3S(=O)(=O)[O-])c(S(=O)(=O)[O-])c2)C=CC1=O.[Na+].[Na+]. The molecule has 0 saturated heterocycles. The number of hydrogen-bond acceptors (Lipinski definition) is 14. The molecule has 0 fully saturated rings. The molecule has 236 valence electrons. The van der Waals surface area contributed by atoms with E-state index >= 15 is 0 Å². The zero-order valence-corrected chi connectivity index (χ0v) is 30.4. The Balaban J connectivity index is 0.00000400. The van der Waals surface area contributed by atoms with Crippen LogP contribution in [-0.2, 0) is 39.4 Å². The van der Waals surface area contributed by atoms with Crippen molar-refractivity contribution < 1.29 is 114 Å². The first-order valence-electron chi connectivity index (χ1n) is 12.4. The smallest absolute Gasteiger partial charge is 0.744 e. The summed E-state index contributed by atoms with van der Waals surface area (Å²) in [7, 11) is -10.2. The second-order valence-corrected chi connectivity index (χ2v) is 11.9. The summed E-state index contributed by atoms with van der Waals surface area (Å²) in [4.78, 5) is 44.1. The van der Waals surface area contributed by atoms with Crippen LogP contribution in [-0.4, -0.2) is 71.1 Å². The fraction of sp³-hybridized carbons (Fsp3) is 0. The van der Waals surface area contributed by atoms with Gasteiger partial charge in [-0.1, -0.05) is 24.3 Å². The maximum Gasteiger partial charge on any atom is 1.00 e. The van der Waals surface area contributed by atoms with Gasteiger partial charge < -0.3 is 19.3 Å². The summed E-state index contributed by atoms with van der Waals surface area (Å²) in [5.41, 5.74) is 3.42. The van der Waals surface area contributed by atoms with E-state index in [1.807, 2.05) is 0 Å². The molecule has 0 atom stereocenters. The molecular weight excluding hydrogens is 694 g/mol. The summed E-state index contributed by atoms with van der Waals surface area (Å²) in [6.07, 6.45) is 8.50. The van der Waals surface area contributed by atoms with Crippen LogP contribution < -0.4 is 70.0 Å². The van der Waals surface area contributed by atoms with E-state index in [4.69, 9.17) is 10.2 Å². The van der Waals surface area contributed by atoms with Crippen molar-refractivity contribution >= 4 is 78.7 Å². The molecule has 0 radical (unpaired) electrons. The number of allylic oxidation sites excluding steroid dienone is 6. The Labute approximate surface area is 316 Å². The van der Waals surface area contributed by atoms with Crippen molar-refractivity contribution in [2.75, 3.05) is 10.9 Å². The first-order valence-corrected chi connectivity index (χ1v) is 15.2. The van der Waals surface area contributed by atoms with Gasteiger partial charge in [-0.3, -0.25) is 20.4 Å². The van der Waals surface area contributed by atoms with Gasteiger partial charge in [-0.15, -0.1) is 0 Å². The van der Waals surface area contributed by atoms with Crippen LogP contribution >= 0.6 is 0 Å². The molecule has 0 heterocycles. The molecule has 16 nitrogen and oxygen atoms in total. The molecule has 2 aromatic carbocycles. The average Bonchev–Trinajstić information content (AvgIpc) is 2.98. The van der Waals surface area contributed by atoms with E-state index in [-0.39, 0.29) is 93.0 Å². The Morgan fingerprint density at radius 1 is 0.646 bits per heavy atom. The van der Waals surface area contributed by atoms with Crippen molar-refractivity contribution in [3.05, 3.63) is 95.1 Å². The number of hydrazone groups is 2. The van der Waals surface area contributed by atoms with E-state index in [1.165, 1.54) is 36.4 Å². The van der Waals surface area contributed by atoms with Gasteiger partial charge in [0.1, 0.15) is 31.4 Å². The third-order valence-electron chi connectivity index (χ3n) is 6.02. The number of aliphatic carboxylic acids is 2. The van der Waals surface area contributed by atoms with Crippen molar-refractivity contribution in [2.45, 2.75) is 9.79 Å². The van der Waals surface area contributed by atoms with Gasteiger partial charge in [-0.2, -0.15) is 10.2 Å². The van der Waals surface area contributed by atoms with Crippen molar-refractivity contribution in [2.24, 2.45) is 10.2 Å². The molecule has 0 aromatic heterocycles. The number of hydrogen-bond donors (Lipinski definition) is 4. The van der Waals surface area contributed by atoms with Crippen LogP contribution in [0.15, 0.2) is 104 Å². The molecule has 0 saturated carbocycles. The Morgan fingerprint density at radius 3 is 1.31 bits per heavy atom. The third kappa shape index (κ3) is 10.3. The Bertz CT molecular complexity index is 2000. The number of carboxylic acids is 2. The molecule has 2 aliphatic carbocycles. The molecule has 0 amide bonds. The molecule has 48 heavy (non-hydrogen) atoms. The van der Waals surface area contributed by atoms with E-state index in [0.29, 0.717) is 0 Å². The molecule has 0 spiro atoms. The van der Waals surface area contributed by atoms with Gasteiger partial charge in [0.05, 0.1) is 32.6 Å². The van der Waals surface area contributed by atoms with Crippen LogP contribution in [0.1, 0.15) is 11.1 Å². The van der Waals surface area contributed by atoms with Gasteiger partial charge in [0, 0.05) is 0 Å². The minimum Gasteiger partial charge on any atom is -0.744 e. The minimum absolute atomic E-state index is 0. The zero-order valence-electron chi connectivity index (χ0n) is 24.8. The number of rotatable bonds is 10. The van der Waals surface area contributed by atoms with Crippen LogP contribution in [0.4, 0.5) is 11.4 Å². The van der Waals surface area contributed by atoms with E-state index < -0.39 is 64.7 Å². The van der Waals surface area contributed by atoms with E-state index in [1.54, 1.807) is 0 Å². The summed E-state index contributed by atoms with van der Waals surface area (Å²) in [6, 6.07) is 6.79. The monoisotopic (exact) mass is 712 g/mol. The van der Waals surface area contributed by atoms with Crippen molar-refractivity contribution in [3.63, 3.8) is 0 Å². The second-order valence-electron chi connectivity index (χ2n) is 9.17. The van der Waals surface area contributed by atoms with Crippen LogP contribution in [0.25, 0.3) is 12.2 Å². The number of nitrogens with one attached hydrogen (secondary N) is 2. The maximum atomic E-state index is 12.0. The Kier molecular flexibility index (Phi) is 13.9. The van der Waals surface area contributed by atoms with E-state index in [2.05, 4.69) is 21.1 Å². The molecular formula is C28H18N4Na2O12S2. The molecule has 4 N–H and O–H groups in total. The predicted molar refractivity (Wildman–Crippen MR) is 160 cm³/mol. The predicted octanol–water partition coefficient (Wildman–Crippen LogP) is -4.49. The topological polar surface area (TPSA) is 272 Å². The van der Waals surface area contributed by atoms with Crippen molar-refractivity contribution in [3.8, 4) is 0 Å². The molecule has 2 aromatic rings. The second kappa shape index (κ2) is 16.5. The van der Waals surface area contributed by atoms with Gasteiger partial charge in [0.25, 0.3) is 0 Å². The van der Waals surface area contributed by atoms with Crippen molar-refractivity contribution in [1.29, 1.82) is 0 Å². The van der Waals surface area contributed by atoms with E-state index in [9.17, 15) is 45.1 Å². The molecule has 0 aliphatic heterocycles.